The van der Waals surface area contributed by atoms with E-state index < -0.39 is 0 Å². The molecule has 4 heteroatoms. The highest BCUT2D eigenvalue weighted by Crippen LogP contribution is 2.30. The van der Waals surface area contributed by atoms with E-state index >= 15 is 0 Å². The number of nitrogens with two attached hydrogens (primary N) is 1. The fourth-order valence-corrected chi connectivity index (χ4v) is 3.65. The topological polar surface area (TPSA) is 58.4 Å². The summed E-state index contributed by atoms with van der Waals surface area (Å²) >= 11 is 0. The molecule has 0 saturated carbocycles. The minimum Gasteiger partial charge on any atom is -0.397 e. The number of nitrogens with one attached hydrogen (secondary N) is 1. The average Bonchev–Trinajstić information content (AvgIpc) is 2.67. The van der Waals surface area contributed by atoms with Crippen molar-refractivity contribution in [1.29, 1.82) is 0 Å². The molecule has 0 bridgehead atoms. The van der Waals surface area contributed by atoms with Gasteiger partial charge >= 0.3 is 0 Å². The SMILES string of the molecule is CCCNC(=O)c1ccc(N2CCC(Cc3ccccc3)CC2)c(N)c1. The van der Waals surface area contributed by atoms with Crippen LogP contribution in [-0.2, 0) is 6.42 Å². The monoisotopic (exact) mass is 351 g/mol. The van der Waals surface area contributed by atoms with Crippen molar-refractivity contribution in [3.05, 3.63) is 59.7 Å². The number of piperidine rings is 1. The van der Waals surface area contributed by atoms with Crippen molar-refractivity contribution < 1.29 is 4.79 Å². The van der Waals surface area contributed by atoms with Crippen molar-refractivity contribution in [2.24, 2.45) is 5.92 Å². The highest BCUT2D eigenvalue weighted by atomic mass is 16.1. The number of benzene rings is 2. The molecule has 3 rings (SSSR count). The highest BCUT2D eigenvalue weighted by molar-refractivity contribution is 5.96. The molecule has 1 heterocycles. The molecule has 4 nitrogen and oxygen atoms in total. The summed E-state index contributed by atoms with van der Waals surface area (Å²) in [4.78, 5) is 14.4. The Morgan fingerprint density at radius 2 is 1.88 bits per heavy atom. The summed E-state index contributed by atoms with van der Waals surface area (Å²) in [5.74, 6) is 0.681. The van der Waals surface area contributed by atoms with E-state index in [4.69, 9.17) is 5.73 Å². The van der Waals surface area contributed by atoms with Gasteiger partial charge in [0.25, 0.3) is 5.91 Å². The first-order chi connectivity index (χ1) is 12.7. The molecule has 0 atom stereocenters. The third kappa shape index (κ3) is 4.57. The second-order valence-electron chi connectivity index (χ2n) is 7.15. The number of nitrogens with zero attached hydrogens (tertiary/aromatic N) is 1. The van der Waals surface area contributed by atoms with Gasteiger partial charge in [0.1, 0.15) is 0 Å². The number of hydrogen-bond donors (Lipinski definition) is 2. The van der Waals surface area contributed by atoms with E-state index in [9.17, 15) is 4.79 Å². The number of rotatable bonds is 6. The van der Waals surface area contributed by atoms with Gasteiger partial charge in [-0.15, -0.1) is 0 Å². The van der Waals surface area contributed by atoms with E-state index in [0.29, 0.717) is 17.8 Å². The molecule has 0 spiro atoms. The van der Waals surface area contributed by atoms with Crippen molar-refractivity contribution in [2.45, 2.75) is 32.6 Å². The Bertz CT molecular complexity index is 721. The van der Waals surface area contributed by atoms with Crippen LogP contribution in [0.3, 0.4) is 0 Å². The van der Waals surface area contributed by atoms with E-state index in [2.05, 4.69) is 40.5 Å². The molecule has 1 aliphatic rings. The van der Waals surface area contributed by atoms with Gasteiger partial charge in [0.05, 0.1) is 11.4 Å². The predicted octanol–water partition coefficient (Wildman–Crippen LogP) is 3.87. The molecule has 2 aromatic carbocycles. The normalized spacial score (nSPS) is 15.0. The zero-order valence-electron chi connectivity index (χ0n) is 15.6. The Kier molecular flexibility index (Phi) is 6.16. The zero-order chi connectivity index (χ0) is 18.4. The van der Waals surface area contributed by atoms with Crippen LogP contribution in [0, 0.1) is 5.92 Å². The van der Waals surface area contributed by atoms with Gasteiger partial charge in [0.2, 0.25) is 0 Å². The molecule has 138 valence electrons. The van der Waals surface area contributed by atoms with Gasteiger partial charge in [-0.2, -0.15) is 0 Å². The molecule has 2 aromatic rings. The van der Waals surface area contributed by atoms with Crippen LogP contribution < -0.4 is 16.0 Å². The molecule has 0 radical (unpaired) electrons. The summed E-state index contributed by atoms with van der Waals surface area (Å²) in [5, 5.41) is 2.90. The molecule has 1 amide bonds. The summed E-state index contributed by atoms with van der Waals surface area (Å²) in [7, 11) is 0. The number of amides is 1. The molecule has 0 aliphatic carbocycles. The van der Waals surface area contributed by atoms with Crippen molar-refractivity contribution in [3.63, 3.8) is 0 Å². The lowest BCUT2D eigenvalue weighted by Crippen LogP contribution is -2.34. The third-order valence-electron chi connectivity index (χ3n) is 5.15. The standard InChI is InChI=1S/C22H29N3O/c1-2-12-24-22(26)19-8-9-21(20(23)16-19)25-13-10-18(11-14-25)15-17-6-4-3-5-7-17/h3-9,16,18H,2,10-15,23H2,1H3,(H,24,26). The second kappa shape index (κ2) is 8.75. The van der Waals surface area contributed by atoms with Gasteiger partial charge in [0, 0.05) is 25.2 Å². The molecule has 0 aromatic heterocycles. The van der Waals surface area contributed by atoms with Gasteiger partial charge in [-0.05, 0) is 55.4 Å². The van der Waals surface area contributed by atoms with E-state index in [1.54, 1.807) is 6.07 Å². The van der Waals surface area contributed by atoms with E-state index in [1.807, 2.05) is 19.1 Å². The smallest absolute Gasteiger partial charge is 0.251 e. The number of anilines is 2. The Hall–Kier alpha value is -2.49. The van der Waals surface area contributed by atoms with Gasteiger partial charge in [-0.1, -0.05) is 37.3 Å². The summed E-state index contributed by atoms with van der Waals surface area (Å²) in [6, 6.07) is 16.4. The largest absolute Gasteiger partial charge is 0.397 e. The van der Waals surface area contributed by atoms with Crippen molar-refractivity contribution in [2.75, 3.05) is 30.3 Å². The Morgan fingerprint density at radius 1 is 1.15 bits per heavy atom. The molecule has 1 saturated heterocycles. The van der Waals surface area contributed by atoms with Crippen LogP contribution in [-0.4, -0.2) is 25.5 Å². The quantitative estimate of drug-likeness (QED) is 0.777. The van der Waals surface area contributed by atoms with Gasteiger partial charge < -0.3 is 16.0 Å². The van der Waals surface area contributed by atoms with Gasteiger partial charge in [-0.3, -0.25) is 4.79 Å². The number of carbonyl (C=O) groups is 1. The molecule has 1 fully saturated rings. The molecule has 0 unspecified atom stereocenters. The lowest BCUT2D eigenvalue weighted by molar-refractivity contribution is 0.0953. The van der Waals surface area contributed by atoms with Crippen molar-refractivity contribution >= 4 is 17.3 Å². The molecule has 3 N–H and O–H groups in total. The summed E-state index contributed by atoms with van der Waals surface area (Å²) < 4.78 is 0. The maximum atomic E-state index is 12.1. The van der Waals surface area contributed by atoms with E-state index in [-0.39, 0.29) is 5.91 Å². The molecular weight excluding hydrogens is 322 g/mol. The fraction of sp³-hybridized carbons (Fsp3) is 0.409. The van der Waals surface area contributed by atoms with Crippen molar-refractivity contribution in [1.82, 2.24) is 5.32 Å². The fourth-order valence-electron chi connectivity index (χ4n) is 3.65. The summed E-state index contributed by atoms with van der Waals surface area (Å²) in [5.41, 5.74) is 10.1. The van der Waals surface area contributed by atoms with Crippen LogP contribution in [0.4, 0.5) is 11.4 Å². The maximum Gasteiger partial charge on any atom is 0.251 e. The first kappa shape index (κ1) is 18.3. The highest BCUT2D eigenvalue weighted by Gasteiger charge is 2.21. The molecule has 26 heavy (non-hydrogen) atoms. The summed E-state index contributed by atoms with van der Waals surface area (Å²) in [6.07, 6.45) is 4.43. The molecule has 1 aliphatic heterocycles. The Balaban J connectivity index is 1.58. The minimum absolute atomic E-state index is 0.0494. The second-order valence-corrected chi connectivity index (χ2v) is 7.15. The molecular formula is C22H29N3O. The minimum atomic E-state index is -0.0494. The number of carbonyl (C=O) groups excluding carboxylic acids is 1. The van der Waals surface area contributed by atoms with Crippen LogP contribution in [0.2, 0.25) is 0 Å². The number of nitrogen functional groups attached to an aromatic ring is 1. The van der Waals surface area contributed by atoms with Crippen molar-refractivity contribution in [3.8, 4) is 0 Å². The lowest BCUT2D eigenvalue weighted by atomic mass is 9.90. The van der Waals surface area contributed by atoms with Crippen LogP contribution >= 0.6 is 0 Å². The van der Waals surface area contributed by atoms with Gasteiger partial charge in [0.15, 0.2) is 0 Å². The van der Waals surface area contributed by atoms with Crippen LogP contribution in [0.5, 0.6) is 0 Å². The lowest BCUT2D eigenvalue weighted by Gasteiger charge is -2.34. The third-order valence-corrected chi connectivity index (χ3v) is 5.15. The van der Waals surface area contributed by atoms with E-state index in [0.717, 1.165) is 37.5 Å². The average molecular weight is 351 g/mol. The van der Waals surface area contributed by atoms with E-state index in [1.165, 1.54) is 18.4 Å². The Morgan fingerprint density at radius 3 is 2.54 bits per heavy atom. The van der Waals surface area contributed by atoms with Crippen LogP contribution in [0.25, 0.3) is 0 Å². The first-order valence-electron chi connectivity index (χ1n) is 9.64. The first-order valence-corrected chi connectivity index (χ1v) is 9.64. The van der Waals surface area contributed by atoms with Crippen LogP contribution in [0.1, 0.15) is 42.1 Å². The Labute approximate surface area is 156 Å². The number of hydrogen-bond acceptors (Lipinski definition) is 3. The predicted molar refractivity (Wildman–Crippen MR) is 109 cm³/mol. The van der Waals surface area contributed by atoms with Crippen LogP contribution in [0.15, 0.2) is 48.5 Å². The summed E-state index contributed by atoms with van der Waals surface area (Å²) in [6.45, 7) is 4.76. The maximum absolute atomic E-state index is 12.1. The van der Waals surface area contributed by atoms with Gasteiger partial charge in [-0.25, -0.2) is 0 Å². The zero-order valence-corrected chi connectivity index (χ0v) is 15.6.